The van der Waals surface area contributed by atoms with Crippen LogP contribution in [-0.2, 0) is 16.1 Å². The summed E-state index contributed by atoms with van der Waals surface area (Å²) < 4.78 is 5.53. The van der Waals surface area contributed by atoms with Crippen molar-refractivity contribution in [1.82, 2.24) is 0 Å². The molecule has 0 fully saturated rings. The van der Waals surface area contributed by atoms with E-state index in [2.05, 4.69) is 0 Å². The number of aliphatic hydroxyl groups is 1. The summed E-state index contributed by atoms with van der Waals surface area (Å²) in [4.78, 5) is 10.5. The lowest BCUT2D eigenvalue weighted by Gasteiger charge is -2.20. The monoisotopic (exact) mass is 238 g/mol. The van der Waals surface area contributed by atoms with Crippen LogP contribution in [0.3, 0.4) is 0 Å². The molecule has 0 spiro atoms. The average molecular weight is 238 g/mol. The first-order valence-corrected chi connectivity index (χ1v) is 5.69. The van der Waals surface area contributed by atoms with Crippen molar-refractivity contribution in [3.63, 3.8) is 0 Å². The molecule has 1 aromatic carbocycles. The third kappa shape index (κ3) is 4.97. The highest BCUT2D eigenvalue weighted by molar-refractivity contribution is 5.67. The number of carboxylic acids is 1. The molecule has 0 aliphatic heterocycles. The Labute approximate surface area is 101 Å². The van der Waals surface area contributed by atoms with Crippen molar-refractivity contribution in [1.29, 1.82) is 0 Å². The number of aliphatic hydroxyl groups excluding tert-OH is 1. The Kier molecular flexibility index (Phi) is 5.66. The molecule has 0 radical (unpaired) electrons. The largest absolute Gasteiger partial charge is 0.481 e. The second kappa shape index (κ2) is 7.04. The van der Waals surface area contributed by atoms with E-state index in [1.54, 1.807) is 0 Å². The topological polar surface area (TPSA) is 66.8 Å². The van der Waals surface area contributed by atoms with Crippen LogP contribution >= 0.6 is 0 Å². The van der Waals surface area contributed by atoms with Crippen LogP contribution in [0.2, 0.25) is 0 Å². The molecule has 0 amide bonds. The van der Waals surface area contributed by atoms with E-state index < -0.39 is 18.2 Å². The van der Waals surface area contributed by atoms with Gasteiger partial charge >= 0.3 is 5.97 Å². The molecule has 2 atom stereocenters. The Morgan fingerprint density at radius 1 is 1.35 bits per heavy atom. The fraction of sp³-hybridized carbons (Fsp3) is 0.462. The molecule has 2 unspecified atom stereocenters. The number of aliphatic carboxylic acids is 1. The zero-order valence-corrected chi connectivity index (χ0v) is 9.87. The average Bonchev–Trinajstić information content (AvgIpc) is 2.30. The standard InChI is InChI=1S/C13H18O4/c1-2-12(11(14)8-13(15)16)17-9-10-6-4-3-5-7-10/h3-7,11-12,14H,2,8-9H2,1H3,(H,15,16). The van der Waals surface area contributed by atoms with Gasteiger partial charge in [-0.25, -0.2) is 0 Å². The van der Waals surface area contributed by atoms with Gasteiger partial charge in [-0.3, -0.25) is 4.79 Å². The summed E-state index contributed by atoms with van der Waals surface area (Å²) in [5.74, 6) is -1.01. The predicted molar refractivity (Wildman–Crippen MR) is 63.6 cm³/mol. The Balaban J connectivity index is 2.44. The summed E-state index contributed by atoms with van der Waals surface area (Å²) in [6.07, 6.45) is -1.10. The molecule has 0 aliphatic rings. The number of carboxylic acid groups (broad SMARTS) is 1. The normalized spacial score (nSPS) is 14.2. The quantitative estimate of drug-likeness (QED) is 0.760. The minimum Gasteiger partial charge on any atom is -0.481 e. The SMILES string of the molecule is CCC(OCc1ccccc1)C(O)CC(=O)O. The van der Waals surface area contributed by atoms with Gasteiger partial charge in [-0.05, 0) is 12.0 Å². The van der Waals surface area contributed by atoms with E-state index in [-0.39, 0.29) is 6.42 Å². The highest BCUT2D eigenvalue weighted by atomic mass is 16.5. The van der Waals surface area contributed by atoms with E-state index >= 15 is 0 Å². The van der Waals surface area contributed by atoms with Crippen LogP contribution in [0.1, 0.15) is 25.3 Å². The molecule has 0 saturated carbocycles. The van der Waals surface area contributed by atoms with Crippen LogP contribution in [0.25, 0.3) is 0 Å². The molecule has 94 valence electrons. The van der Waals surface area contributed by atoms with E-state index in [0.29, 0.717) is 13.0 Å². The van der Waals surface area contributed by atoms with Crippen LogP contribution in [0, 0.1) is 0 Å². The number of ether oxygens (including phenoxy) is 1. The summed E-state index contributed by atoms with van der Waals surface area (Å²) in [7, 11) is 0. The van der Waals surface area contributed by atoms with Crippen LogP contribution in [0.4, 0.5) is 0 Å². The molecule has 4 nitrogen and oxygen atoms in total. The summed E-state index contributed by atoms with van der Waals surface area (Å²) in [5.41, 5.74) is 1.01. The maximum Gasteiger partial charge on any atom is 0.306 e. The van der Waals surface area contributed by atoms with Crippen molar-refractivity contribution < 1.29 is 19.7 Å². The van der Waals surface area contributed by atoms with E-state index in [0.717, 1.165) is 5.56 Å². The molecule has 2 N–H and O–H groups in total. The molecule has 1 rings (SSSR count). The lowest BCUT2D eigenvalue weighted by atomic mass is 10.1. The second-order valence-corrected chi connectivity index (χ2v) is 3.91. The highest BCUT2D eigenvalue weighted by Crippen LogP contribution is 2.11. The summed E-state index contributed by atoms with van der Waals surface area (Å²) in [6.45, 7) is 2.25. The Hall–Kier alpha value is -1.39. The van der Waals surface area contributed by atoms with Crippen molar-refractivity contribution in [3.8, 4) is 0 Å². The summed E-state index contributed by atoms with van der Waals surface area (Å²) in [6, 6.07) is 9.59. The van der Waals surface area contributed by atoms with Gasteiger partial charge in [-0.1, -0.05) is 37.3 Å². The van der Waals surface area contributed by atoms with E-state index in [9.17, 15) is 9.90 Å². The number of rotatable bonds is 7. The van der Waals surface area contributed by atoms with Crippen LogP contribution < -0.4 is 0 Å². The predicted octanol–water partition coefficient (Wildman–Crippen LogP) is 1.82. The lowest BCUT2D eigenvalue weighted by Crippen LogP contribution is -2.30. The van der Waals surface area contributed by atoms with Crippen LogP contribution in [0.15, 0.2) is 30.3 Å². The number of hydrogen-bond donors (Lipinski definition) is 2. The highest BCUT2D eigenvalue weighted by Gasteiger charge is 2.20. The molecule has 1 aromatic rings. The molecule has 0 bridgehead atoms. The van der Waals surface area contributed by atoms with Crippen molar-refractivity contribution in [3.05, 3.63) is 35.9 Å². The Morgan fingerprint density at radius 2 is 2.00 bits per heavy atom. The second-order valence-electron chi connectivity index (χ2n) is 3.91. The smallest absolute Gasteiger partial charge is 0.306 e. The molecule has 0 aromatic heterocycles. The maximum absolute atomic E-state index is 10.5. The molecule has 0 aliphatic carbocycles. The van der Waals surface area contributed by atoms with Crippen molar-refractivity contribution >= 4 is 5.97 Å². The minimum atomic E-state index is -1.01. The molecule has 17 heavy (non-hydrogen) atoms. The third-order valence-electron chi connectivity index (χ3n) is 2.52. The van der Waals surface area contributed by atoms with Gasteiger partial charge in [0.25, 0.3) is 0 Å². The van der Waals surface area contributed by atoms with E-state index in [4.69, 9.17) is 9.84 Å². The number of carbonyl (C=O) groups is 1. The maximum atomic E-state index is 10.5. The first kappa shape index (κ1) is 13.7. The molecule has 4 heteroatoms. The van der Waals surface area contributed by atoms with Crippen LogP contribution in [-0.4, -0.2) is 28.4 Å². The van der Waals surface area contributed by atoms with Gasteiger partial charge in [0.2, 0.25) is 0 Å². The van der Waals surface area contributed by atoms with Gasteiger partial charge < -0.3 is 14.9 Å². The van der Waals surface area contributed by atoms with Gasteiger partial charge in [0, 0.05) is 0 Å². The third-order valence-corrected chi connectivity index (χ3v) is 2.52. The van der Waals surface area contributed by atoms with Gasteiger partial charge in [-0.2, -0.15) is 0 Å². The van der Waals surface area contributed by atoms with Crippen molar-refractivity contribution in [2.45, 2.75) is 38.6 Å². The molecule has 0 saturated heterocycles. The number of benzene rings is 1. The first-order valence-electron chi connectivity index (χ1n) is 5.69. The summed E-state index contributed by atoms with van der Waals surface area (Å²) >= 11 is 0. The molecule has 0 heterocycles. The molecular weight excluding hydrogens is 220 g/mol. The van der Waals surface area contributed by atoms with E-state index in [1.165, 1.54) is 0 Å². The minimum absolute atomic E-state index is 0.284. The van der Waals surface area contributed by atoms with Gasteiger partial charge in [0.1, 0.15) is 0 Å². The zero-order valence-electron chi connectivity index (χ0n) is 9.87. The lowest BCUT2D eigenvalue weighted by molar-refractivity contribution is -0.142. The summed E-state index contributed by atoms with van der Waals surface area (Å²) in [5, 5.41) is 18.2. The van der Waals surface area contributed by atoms with Gasteiger partial charge in [-0.15, -0.1) is 0 Å². The molecular formula is C13H18O4. The van der Waals surface area contributed by atoms with Crippen molar-refractivity contribution in [2.75, 3.05) is 0 Å². The van der Waals surface area contributed by atoms with Crippen LogP contribution in [0.5, 0.6) is 0 Å². The Bertz CT molecular complexity index is 337. The zero-order chi connectivity index (χ0) is 12.7. The van der Waals surface area contributed by atoms with Gasteiger partial charge in [0.05, 0.1) is 25.2 Å². The Morgan fingerprint density at radius 3 is 2.53 bits per heavy atom. The number of hydrogen-bond acceptors (Lipinski definition) is 3. The first-order chi connectivity index (χ1) is 8.13. The van der Waals surface area contributed by atoms with Crippen molar-refractivity contribution in [2.24, 2.45) is 0 Å². The fourth-order valence-corrected chi connectivity index (χ4v) is 1.59. The van der Waals surface area contributed by atoms with E-state index in [1.807, 2.05) is 37.3 Å². The van der Waals surface area contributed by atoms with Gasteiger partial charge in [0.15, 0.2) is 0 Å². The fourth-order valence-electron chi connectivity index (χ4n) is 1.59.